The number of hydrogen-bond donors (Lipinski definition) is 0. The van der Waals surface area contributed by atoms with E-state index in [9.17, 15) is 9.59 Å². The maximum atomic E-state index is 13.7. The van der Waals surface area contributed by atoms with Crippen LogP contribution in [0.25, 0.3) is 0 Å². The third kappa shape index (κ3) is 5.34. The first kappa shape index (κ1) is 26.3. The largest absolute Gasteiger partial charge is 0.493 e. The lowest BCUT2D eigenvalue weighted by molar-refractivity contribution is -0.138. The number of ether oxygens (including phenoxy) is 2. The van der Waals surface area contributed by atoms with Crippen LogP contribution in [0.3, 0.4) is 0 Å². The number of rotatable bonds is 7. The summed E-state index contributed by atoms with van der Waals surface area (Å²) in [6.07, 6.45) is 3.84. The van der Waals surface area contributed by atoms with Gasteiger partial charge in [0, 0.05) is 30.6 Å². The average Bonchev–Trinajstić information content (AvgIpc) is 2.84. The predicted molar refractivity (Wildman–Crippen MR) is 142 cm³/mol. The second-order valence-corrected chi connectivity index (χ2v) is 10.5. The molecule has 1 fully saturated rings. The van der Waals surface area contributed by atoms with Crippen molar-refractivity contribution in [3.8, 4) is 11.5 Å². The minimum Gasteiger partial charge on any atom is -0.493 e. The number of halogens is 1. The molecule has 0 spiro atoms. The van der Waals surface area contributed by atoms with Crippen LogP contribution in [-0.4, -0.2) is 53.5 Å². The van der Waals surface area contributed by atoms with Gasteiger partial charge in [0.25, 0.3) is 0 Å². The number of methoxy groups -OCH3 is 1. The van der Waals surface area contributed by atoms with Gasteiger partial charge >= 0.3 is 0 Å². The standard InChI is InChI=1S/C29H37ClN2O4/c1-6-31(19(4)33)23-11-13-24(14-12-23)32-28(34)16-21-15-26(35-5)27(36-18(2)3)17-25(21)29(32)20-7-9-22(30)10-8-20/h7-10,15,17-18,23-24,29H,6,11-14,16H2,1-5H3/t23-,24-,29?. The Morgan fingerprint density at radius 2 is 1.78 bits per heavy atom. The summed E-state index contributed by atoms with van der Waals surface area (Å²) in [5.74, 6) is 1.56. The summed E-state index contributed by atoms with van der Waals surface area (Å²) in [4.78, 5) is 29.9. The molecule has 194 valence electrons. The van der Waals surface area contributed by atoms with Gasteiger partial charge in [0.2, 0.25) is 11.8 Å². The molecule has 0 saturated heterocycles. The van der Waals surface area contributed by atoms with Crippen molar-refractivity contribution < 1.29 is 19.1 Å². The third-order valence-electron chi connectivity index (χ3n) is 7.42. The lowest BCUT2D eigenvalue weighted by atomic mass is 9.82. The molecule has 0 radical (unpaired) electrons. The molecule has 0 bridgehead atoms. The fourth-order valence-electron chi connectivity index (χ4n) is 5.86. The summed E-state index contributed by atoms with van der Waals surface area (Å²) < 4.78 is 11.7. The van der Waals surface area contributed by atoms with E-state index in [1.807, 2.05) is 62.1 Å². The Bertz CT molecular complexity index is 1090. The van der Waals surface area contributed by atoms with Crippen LogP contribution in [0.15, 0.2) is 36.4 Å². The zero-order chi connectivity index (χ0) is 26.0. The summed E-state index contributed by atoms with van der Waals surface area (Å²) in [7, 11) is 1.63. The summed E-state index contributed by atoms with van der Waals surface area (Å²) >= 11 is 6.22. The molecule has 1 atom stereocenters. The minimum atomic E-state index is -0.240. The summed E-state index contributed by atoms with van der Waals surface area (Å²) in [6.45, 7) is 8.37. The monoisotopic (exact) mass is 512 g/mol. The molecule has 1 unspecified atom stereocenters. The predicted octanol–water partition coefficient (Wildman–Crippen LogP) is 5.79. The molecular formula is C29H37ClN2O4. The average molecular weight is 513 g/mol. The topological polar surface area (TPSA) is 59.1 Å². The Kier molecular flexibility index (Phi) is 8.13. The van der Waals surface area contributed by atoms with E-state index in [1.165, 1.54) is 0 Å². The smallest absolute Gasteiger partial charge is 0.228 e. The Labute approximate surface area is 219 Å². The van der Waals surface area contributed by atoms with Crippen LogP contribution < -0.4 is 9.47 Å². The van der Waals surface area contributed by atoms with Crippen molar-refractivity contribution in [2.75, 3.05) is 13.7 Å². The van der Waals surface area contributed by atoms with Crippen molar-refractivity contribution in [2.45, 2.75) is 84.0 Å². The van der Waals surface area contributed by atoms with Crippen molar-refractivity contribution in [1.82, 2.24) is 9.80 Å². The van der Waals surface area contributed by atoms with Crippen molar-refractivity contribution in [1.29, 1.82) is 0 Å². The molecule has 2 aromatic rings. The Hall–Kier alpha value is -2.73. The number of amides is 2. The number of carbonyl (C=O) groups excluding carboxylic acids is 2. The molecule has 0 N–H and O–H groups in total. The maximum absolute atomic E-state index is 13.7. The van der Waals surface area contributed by atoms with Crippen molar-refractivity contribution >= 4 is 23.4 Å². The lowest BCUT2D eigenvalue weighted by Gasteiger charge is -2.46. The zero-order valence-electron chi connectivity index (χ0n) is 21.9. The highest BCUT2D eigenvalue weighted by Gasteiger charge is 2.40. The highest BCUT2D eigenvalue weighted by atomic mass is 35.5. The van der Waals surface area contributed by atoms with Gasteiger partial charge in [-0.3, -0.25) is 9.59 Å². The molecule has 7 heteroatoms. The van der Waals surface area contributed by atoms with Crippen LogP contribution in [0.5, 0.6) is 11.5 Å². The number of hydrogen-bond acceptors (Lipinski definition) is 4. The van der Waals surface area contributed by atoms with E-state index in [1.54, 1.807) is 14.0 Å². The van der Waals surface area contributed by atoms with E-state index in [2.05, 4.69) is 4.90 Å². The van der Waals surface area contributed by atoms with Gasteiger partial charge in [-0.05, 0) is 87.4 Å². The number of carbonyl (C=O) groups is 2. The highest BCUT2D eigenvalue weighted by molar-refractivity contribution is 6.30. The van der Waals surface area contributed by atoms with E-state index in [0.29, 0.717) is 29.5 Å². The second-order valence-electron chi connectivity index (χ2n) is 10.1. The molecule has 4 rings (SSSR count). The minimum absolute atomic E-state index is 0.00896. The van der Waals surface area contributed by atoms with Crippen molar-refractivity contribution in [2.24, 2.45) is 0 Å². The normalized spacial score (nSPS) is 21.8. The van der Waals surface area contributed by atoms with Gasteiger partial charge in [-0.1, -0.05) is 23.7 Å². The first-order valence-corrected chi connectivity index (χ1v) is 13.3. The quantitative estimate of drug-likeness (QED) is 0.471. The molecule has 1 saturated carbocycles. The third-order valence-corrected chi connectivity index (χ3v) is 7.67. The lowest BCUT2D eigenvalue weighted by Crippen LogP contribution is -2.50. The Balaban J connectivity index is 1.73. The fraction of sp³-hybridized carbons (Fsp3) is 0.517. The van der Waals surface area contributed by atoms with Crippen LogP contribution in [0.1, 0.15) is 76.1 Å². The van der Waals surface area contributed by atoms with Crippen LogP contribution >= 0.6 is 11.6 Å². The van der Waals surface area contributed by atoms with Gasteiger partial charge in [0.15, 0.2) is 11.5 Å². The van der Waals surface area contributed by atoms with Crippen LogP contribution in [0.4, 0.5) is 0 Å². The summed E-state index contributed by atoms with van der Waals surface area (Å²) in [5.41, 5.74) is 3.05. The van der Waals surface area contributed by atoms with Crippen LogP contribution in [0, 0.1) is 0 Å². The van der Waals surface area contributed by atoms with Crippen molar-refractivity contribution in [3.63, 3.8) is 0 Å². The Morgan fingerprint density at radius 3 is 2.33 bits per heavy atom. The number of benzene rings is 2. The summed E-state index contributed by atoms with van der Waals surface area (Å²) in [6, 6.07) is 11.9. The molecule has 2 amide bonds. The molecule has 0 aromatic heterocycles. The van der Waals surface area contributed by atoms with Gasteiger partial charge in [0.1, 0.15) is 0 Å². The molecule has 6 nitrogen and oxygen atoms in total. The number of nitrogens with zero attached hydrogens (tertiary/aromatic N) is 2. The number of fused-ring (bicyclic) bond motifs is 1. The van der Waals surface area contributed by atoms with E-state index in [4.69, 9.17) is 21.1 Å². The maximum Gasteiger partial charge on any atom is 0.228 e. The van der Waals surface area contributed by atoms with Gasteiger partial charge in [-0.15, -0.1) is 0 Å². The molecule has 1 aliphatic carbocycles. The van der Waals surface area contributed by atoms with Gasteiger partial charge in [0.05, 0.1) is 25.7 Å². The SMILES string of the molecule is CCN(C(C)=O)[C@H]1CC[C@H](N2C(=O)Cc3cc(OC)c(OC(C)C)cc3C2c2ccc(Cl)cc2)CC1. The van der Waals surface area contributed by atoms with E-state index >= 15 is 0 Å². The molecule has 1 aliphatic heterocycles. The molecule has 2 aromatic carbocycles. The van der Waals surface area contributed by atoms with E-state index < -0.39 is 0 Å². The summed E-state index contributed by atoms with van der Waals surface area (Å²) in [5, 5.41) is 0.663. The Morgan fingerprint density at radius 1 is 1.11 bits per heavy atom. The fourth-order valence-corrected chi connectivity index (χ4v) is 5.99. The molecular weight excluding hydrogens is 476 g/mol. The molecule has 2 aliphatic rings. The molecule has 1 heterocycles. The van der Waals surface area contributed by atoms with Gasteiger partial charge in [-0.25, -0.2) is 0 Å². The first-order chi connectivity index (χ1) is 17.2. The van der Waals surface area contributed by atoms with Gasteiger partial charge < -0.3 is 19.3 Å². The highest BCUT2D eigenvalue weighted by Crippen LogP contribution is 2.44. The van der Waals surface area contributed by atoms with E-state index in [0.717, 1.165) is 42.4 Å². The van der Waals surface area contributed by atoms with E-state index in [-0.39, 0.29) is 36.0 Å². The van der Waals surface area contributed by atoms with Crippen LogP contribution in [0.2, 0.25) is 5.02 Å². The second kappa shape index (κ2) is 11.1. The van der Waals surface area contributed by atoms with Crippen LogP contribution in [-0.2, 0) is 16.0 Å². The van der Waals surface area contributed by atoms with Gasteiger partial charge in [-0.2, -0.15) is 0 Å². The molecule has 36 heavy (non-hydrogen) atoms. The first-order valence-electron chi connectivity index (χ1n) is 12.9. The zero-order valence-corrected chi connectivity index (χ0v) is 22.7. The van der Waals surface area contributed by atoms with Crippen molar-refractivity contribution in [3.05, 3.63) is 58.1 Å².